The average Bonchev–Trinajstić information content (AvgIpc) is 3.72. The molecule has 0 saturated heterocycles. The molecule has 0 unspecified atom stereocenters. The molecule has 3 aromatic heterocycles. The number of benzene rings is 2. The Morgan fingerprint density at radius 2 is 1.60 bits per heavy atom. The summed E-state index contributed by atoms with van der Waals surface area (Å²) in [5.74, 6) is -3.88. The molecule has 0 atom stereocenters. The number of nitrogens with zero attached hydrogens (tertiary/aromatic N) is 5. The number of rotatable bonds is 20. The number of alkyl halides is 2. The van der Waals surface area contributed by atoms with E-state index >= 15 is 0 Å². The molecule has 0 spiro atoms. The van der Waals surface area contributed by atoms with Gasteiger partial charge in [-0.2, -0.15) is 27.4 Å². The molecule has 0 bridgehead atoms. The second-order valence-corrected chi connectivity index (χ2v) is 15.9. The Bertz CT molecular complexity index is 2230. The van der Waals surface area contributed by atoms with Gasteiger partial charge in [-0.15, -0.1) is 0 Å². The first kappa shape index (κ1) is 39.5. The number of nitrogens with one attached hydrogen (secondary N) is 1. The third-order valence-corrected chi connectivity index (χ3v) is 10.0. The Balaban J connectivity index is 1.30. The average molecular weight is 778 g/mol. The Kier molecular flexibility index (Phi) is 13.0. The van der Waals surface area contributed by atoms with Crippen molar-refractivity contribution in [2.24, 2.45) is 7.05 Å². The number of aryl methyl sites for hydroxylation is 2. The number of sulfonamides is 1. The molecule has 13 nitrogen and oxygen atoms in total. The van der Waals surface area contributed by atoms with Crippen molar-refractivity contribution in [3.05, 3.63) is 72.4 Å². The molecule has 5 rings (SSSR count). The molecule has 0 aliphatic heterocycles. The van der Waals surface area contributed by atoms with Crippen molar-refractivity contribution < 1.29 is 38.9 Å². The van der Waals surface area contributed by atoms with Gasteiger partial charge < -0.3 is 10.5 Å². The van der Waals surface area contributed by atoms with Crippen molar-refractivity contribution in [3.8, 4) is 28.1 Å². The van der Waals surface area contributed by atoms with Gasteiger partial charge in [0.15, 0.2) is 0 Å². The predicted molar refractivity (Wildman–Crippen MR) is 197 cm³/mol. The lowest BCUT2D eigenvalue weighted by Gasteiger charge is -2.15. The van der Waals surface area contributed by atoms with E-state index in [1.807, 2.05) is 15.6 Å². The topological polar surface area (TPSA) is 173 Å². The van der Waals surface area contributed by atoms with E-state index in [0.29, 0.717) is 35.0 Å². The van der Waals surface area contributed by atoms with Gasteiger partial charge in [-0.05, 0) is 42.7 Å². The van der Waals surface area contributed by atoms with E-state index in [2.05, 4.69) is 10.1 Å². The SMILES string of the molecule is Cn1nc(-c2ccc(NS(=O)(=O)C(F)F)c(OCCc3ccc(F)cc3)c2)c2c(N)ncc(-c3cnn(CCCCCCCCCOS(C)(=O)=O)c3)c21. The van der Waals surface area contributed by atoms with E-state index in [1.54, 1.807) is 36.3 Å². The number of nitrogens with two attached hydrogens (primary N) is 1. The van der Waals surface area contributed by atoms with Gasteiger partial charge in [0.05, 0.1) is 42.3 Å². The van der Waals surface area contributed by atoms with E-state index in [4.69, 9.17) is 19.8 Å². The highest BCUT2D eigenvalue weighted by Crippen LogP contribution is 2.39. The zero-order valence-electron chi connectivity index (χ0n) is 29.3. The van der Waals surface area contributed by atoms with Crippen molar-refractivity contribution in [1.29, 1.82) is 0 Å². The fourth-order valence-corrected chi connectivity index (χ4v) is 6.83. The number of halogens is 3. The first-order valence-corrected chi connectivity index (χ1v) is 20.4. The molecule has 3 heterocycles. The lowest BCUT2D eigenvalue weighted by atomic mass is 10.0. The van der Waals surface area contributed by atoms with E-state index in [1.165, 1.54) is 30.3 Å². The van der Waals surface area contributed by atoms with Crippen molar-refractivity contribution in [2.45, 2.75) is 63.7 Å². The molecule has 2 aromatic carbocycles. The van der Waals surface area contributed by atoms with Crippen LogP contribution < -0.4 is 15.2 Å². The summed E-state index contributed by atoms with van der Waals surface area (Å²) >= 11 is 0. The monoisotopic (exact) mass is 777 g/mol. The summed E-state index contributed by atoms with van der Waals surface area (Å²) in [5.41, 5.74) is 10.1. The maximum atomic E-state index is 13.4. The number of hydrogen-bond donors (Lipinski definition) is 2. The van der Waals surface area contributed by atoms with E-state index < -0.39 is 31.7 Å². The lowest BCUT2D eigenvalue weighted by molar-refractivity contribution is 0.236. The van der Waals surface area contributed by atoms with Crippen LogP contribution in [0.25, 0.3) is 33.3 Å². The molecule has 53 heavy (non-hydrogen) atoms. The van der Waals surface area contributed by atoms with Gasteiger partial charge in [0.1, 0.15) is 23.1 Å². The van der Waals surface area contributed by atoms with Crippen LogP contribution >= 0.6 is 0 Å². The minimum absolute atomic E-state index is 0.0178. The van der Waals surface area contributed by atoms with Gasteiger partial charge in [0, 0.05) is 49.1 Å². The molecule has 0 radical (unpaired) electrons. The van der Waals surface area contributed by atoms with Crippen molar-refractivity contribution in [3.63, 3.8) is 0 Å². The minimum atomic E-state index is -5.01. The van der Waals surface area contributed by atoms with Gasteiger partial charge in [-0.1, -0.05) is 50.3 Å². The first-order valence-electron chi connectivity index (χ1n) is 17.0. The summed E-state index contributed by atoms with van der Waals surface area (Å²) in [5, 5.41) is 9.79. The van der Waals surface area contributed by atoms with Crippen LogP contribution in [0.1, 0.15) is 50.5 Å². The number of anilines is 2. The number of unbranched alkanes of at least 4 members (excludes halogenated alkanes) is 6. The first-order chi connectivity index (χ1) is 25.2. The van der Waals surface area contributed by atoms with Gasteiger partial charge in [-0.25, -0.2) is 17.8 Å². The number of nitrogen functional groups attached to an aromatic ring is 1. The maximum absolute atomic E-state index is 13.4. The Hall–Kier alpha value is -4.68. The molecular formula is C35H42F3N7O6S2. The second-order valence-electron chi connectivity index (χ2n) is 12.6. The molecule has 18 heteroatoms. The summed E-state index contributed by atoms with van der Waals surface area (Å²) in [6, 6.07) is 10.1. The molecule has 0 amide bonds. The maximum Gasteiger partial charge on any atom is 0.355 e. The van der Waals surface area contributed by atoms with Crippen LogP contribution in [0.3, 0.4) is 0 Å². The summed E-state index contributed by atoms with van der Waals surface area (Å²) in [6.45, 7) is 0.970. The van der Waals surface area contributed by atoms with Crippen LogP contribution in [-0.4, -0.2) is 66.6 Å². The van der Waals surface area contributed by atoms with E-state index in [-0.39, 0.29) is 30.5 Å². The number of aromatic nitrogens is 5. The number of fused-ring (bicyclic) bond motifs is 1. The van der Waals surface area contributed by atoms with Crippen molar-refractivity contribution in [1.82, 2.24) is 24.5 Å². The third-order valence-electron chi connectivity index (χ3n) is 8.47. The molecular weight excluding hydrogens is 736 g/mol. The highest BCUT2D eigenvalue weighted by molar-refractivity contribution is 7.93. The predicted octanol–water partition coefficient (Wildman–Crippen LogP) is 6.51. The zero-order chi connectivity index (χ0) is 38.2. The van der Waals surface area contributed by atoms with Gasteiger partial charge in [0.2, 0.25) is 0 Å². The molecule has 0 aliphatic rings. The fraction of sp³-hybridized carbons (Fsp3) is 0.400. The smallest absolute Gasteiger partial charge is 0.355 e. The second kappa shape index (κ2) is 17.4. The van der Waals surface area contributed by atoms with Crippen LogP contribution in [0.5, 0.6) is 5.75 Å². The molecule has 0 saturated carbocycles. The third kappa shape index (κ3) is 10.7. The minimum Gasteiger partial charge on any atom is -0.491 e. The Morgan fingerprint density at radius 1 is 0.906 bits per heavy atom. The quantitative estimate of drug-likeness (QED) is 0.0655. The summed E-state index contributed by atoms with van der Waals surface area (Å²) < 4.78 is 102. The lowest BCUT2D eigenvalue weighted by Crippen LogP contribution is -2.21. The molecule has 0 fully saturated rings. The van der Waals surface area contributed by atoms with E-state index in [9.17, 15) is 30.0 Å². The van der Waals surface area contributed by atoms with Crippen molar-refractivity contribution >= 4 is 42.5 Å². The van der Waals surface area contributed by atoms with Gasteiger partial charge >= 0.3 is 5.76 Å². The van der Waals surface area contributed by atoms with Crippen LogP contribution in [0, 0.1) is 5.82 Å². The van der Waals surface area contributed by atoms with Crippen LogP contribution in [-0.2, 0) is 44.3 Å². The van der Waals surface area contributed by atoms with Crippen molar-refractivity contribution in [2.75, 3.05) is 29.9 Å². The van der Waals surface area contributed by atoms with Gasteiger partial charge in [-0.3, -0.25) is 18.3 Å². The number of hydrogen-bond acceptors (Lipinski definition) is 10. The zero-order valence-corrected chi connectivity index (χ0v) is 31.0. The standard InChI is InChI=1S/C35H42F3N7O6S2/c1-44-33-28(26-21-41-45(23-26)17-8-6-4-3-5-7-9-18-51-52(2,46)47)22-40-34(39)31(33)32(42-44)25-12-15-29(43-53(48,49)35(37)38)30(20-25)50-19-16-24-10-13-27(36)14-11-24/h10-15,20-23,35,43H,3-9,16-19H2,1-2H3,(H2,39,40). The Labute approximate surface area is 306 Å². The summed E-state index contributed by atoms with van der Waals surface area (Å²) in [4.78, 5) is 4.44. The number of pyridine rings is 1. The van der Waals surface area contributed by atoms with Crippen LogP contribution in [0.4, 0.5) is 24.7 Å². The molecule has 5 aromatic rings. The van der Waals surface area contributed by atoms with Gasteiger partial charge in [0.25, 0.3) is 20.1 Å². The van der Waals surface area contributed by atoms with Crippen LogP contribution in [0.2, 0.25) is 0 Å². The summed E-state index contributed by atoms with van der Waals surface area (Å²) in [7, 11) is -6.64. The molecule has 286 valence electrons. The largest absolute Gasteiger partial charge is 0.491 e. The Morgan fingerprint density at radius 3 is 2.30 bits per heavy atom. The normalized spacial score (nSPS) is 12.2. The fourth-order valence-electron chi connectivity index (χ4n) is 5.84. The highest BCUT2D eigenvalue weighted by atomic mass is 32.2. The van der Waals surface area contributed by atoms with Crippen LogP contribution in [0.15, 0.2) is 61.1 Å². The molecule has 0 aliphatic carbocycles. The molecule has 3 N–H and O–H groups in total. The number of ether oxygens (including phenoxy) is 1. The summed E-state index contributed by atoms with van der Waals surface area (Å²) in [6.07, 6.45) is 13.4. The highest BCUT2D eigenvalue weighted by Gasteiger charge is 2.26. The van der Waals surface area contributed by atoms with E-state index in [0.717, 1.165) is 68.0 Å².